The molecule has 31 heavy (non-hydrogen) atoms. The lowest BCUT2D eigenvalue weighted by atomic mass is 10.2. The molecule has 0 bridgehead atoms. The van der Waals surface area contributed by atoms with Crippen molar-refractivity contribution in [1.29, 1.82) is 0 Å². The third-order valence-electron chi connectivity index (χ3n) is 4.86. The van der Waals surface area contributed by atoms with Gasteiger partial charge in [0, 0.05) is 11.8 Å². The van der Waals surface area contributed by atoms with Crippen LogP contribution in [0.4, 0.5) is 0 Å². The van der Waals surface area contributed by atoms with Crippen LogP contribution in [0.3, 0.4) is 0 Å². The van der Waals surface area contributed by atoms with Crippen molar-refractivity contribution < 1.29 is 19.0 Å². The molecule has 160 valence electrons. The highest BCUT2D eigenvalue weighted by Crippen LogP contribution is 2.24. The molecule has 0 saturated carbocycles. The first-order valence-corrected chi connectivity index (χ1v) is 10.0. The average molecular weight is 420 g/mol. The van der Waals surface area contributed by atoms with E-state index in [-0.39, 0.29) is 17.8 Å². The van der Waals surface area contributed by atoms with Crippen molar-refractivity contribution in [1.82, 2.24) is 9.78 Å². The van der Waals surface area contributed by atoms with Crippen molar-refractivity contribution in [2.45, 2.75) is 33.4 Å². The van der Waals surface area contributed by atoms with E-state index in [0.29, 0.717) is 29.0 Å². The lowest BCUT2D eigenvalue weighted by Gasteiger charge is -2.14. The molecule has 0 amide bonds. The SMILES string of the molecule is Cc1cccc(Oc2coc3cc(OC[C@H](O)Cn4nc(C)cc4C)ccc3c2=O)c1. The van der Waals surface area contributed by atoms with Gasteiger partial charge in [0.1, 0.15) is 36.1 Å². The van der Waals surface area contributed by atoms with E-state index in [0.717, 1.165) is 17.0 Å². The summed E-state index contributed by atoms with van der Waals surface area (Å²) in [6.45, 7) is 6.22. The van der Waals surface area contributed by atoms with Crippen LogP contribution in [0, 0.1) is 20.8 Å². The number of fused-ring (bicyclic) bond motifs is 1. The van der Waals surface area contributed by atoms with Gasteiger partial charge in [-0.3, -0.25) is 9.48 Å². The van der Waals surface area contributed by atoms with Gasteiger partial charge >= 0.3 is 0 Å². The third kappa shape index (κ3) is 4.78. The molecule has 0 fully saturated rings. The minimum atomic E-state index is -0.731. The summed E-state index contributed by atoms with van der Waals surface area (Å²) < 4.78 is 18.7. The number of aromatic nitrogens is 2. The van der Waals surface area contributed by atoms with Gasteiger partial charge in [-0.15, -0.1) is 0 Å². The quantitative estimate of drug-likeness (QED) is 0.483. The van der Waals surface area contributed by atoms with Crippen molar-refractivity contribution in [3.8, 4) is 17.2 Å². The molecule has 2 heterocycles. The van der Waals surface area contributed by atoms with Gasteiger partial charge in [0.15, 0.2) is 0 Å². The Labute approximate surface area is 179 Å². The maximum Gasteiger partial charge on any atom is 0.235 e. The summed E-state index contributed by atoms with van der Waals surface area (Å²) in [5.74, 6) is 1.19. The molecule has 1 N–H and O–H groups in total. The molecule has 2 aromatic heterocycles. The fourth-order valence-corrected chi connectivity index (χ4v) is 3.36. The van der Waals surface area contributed by atoms with Crippen LogP contribution in [-0.4, -0.2) is 27.6 Å². The van der Waals surface area contributed by atoms with E-state index in [2.05, 4.69) is 5.10 Å². The van der Waals surface area contributed by atoms with Crippen LogP contribution < -0.4 is 14.9 Å². The summed E-state index contributed by atoms with van der Waals surface area (Å²) in [6.07, 6.45) is 0.569. The Balaban J connectivity index is 1.45. The van der Waals surface area contributed by atoms with E-state index in [1.807, 2.05) is 45.0 Å². The Morgan fingerprint density at radius 2 is 1.94 bits per heavy atom. The largest absolute Gasteiger partial charge is 0.491 e. The first kappa shape index (κ1) is 20.7. The molecule has 0 saturated heterocycles. The van der Waals surface area contributed by atoms with Crippen LogP contribution in [0.5, 0.6) is 17.2 Å². The summed E-state index contributed by atoms with van der Waals surface area (Å²) in [5.41, 5.74) is 3.03. The van der Waals surface area contributed by atoms with Crippen molar-refractivity contribution in [2.24, 2.45) is 0 Å². The van der Waals surface area contributed by atoms with Crippen molar-refractivity contribution >= 4 is 11.0 Å². The van der Waals surface area contributed by atoms with E-state index < -0.39 is 6.10 Å². The second-order valence-electron chi connectivity index (χ2n) is 7.58. The Bertz CT molecular complexity index is 1270. The molecular formula is C24H24N2O5. The summed E-state index contributed by atoms with van der Waals surface area (Å²) in [5, 5.41) is 15.0. The van der Waals surface area contributed by atoms with Gasteiger partial charge in [-0.25, -0.2) is 0 Å². The monoisotopic (exact) mass is 420 g/mol. The van der Waals surface area contributed by atoms with Gasteiger partial charge in [0.2, 0.25) is 11.2 Å². The Morgan fingerprint density at radius 1 is 1.10 bits per heavy atom. The maximum absolute atomic E-state index is 12.8. The number of rotatable bonds is 7. The van der Waals surface area contributed by atoms with E-state index in [1.54, 1.807) is 28.9 Å². The molecule has 0 aliphatic rings. The molecule has 7 nitrogen and oxygen atoms in total. The van der Waals surface area contributed by atoms with Crippen LogP contribution in [0.1, 0.15) is 17.0 Å². The molecule has 4 rings (SSSR count). The zero-order valence-electron chi connectivity index (χ0n) is 17.7. The zero-order chi connectivity index (χ0) is 22.0. The Morgan fingerprint density at radius 3 is 2.68 bits per heavy atom. The van der Waals surface area contributed by atoms with Gasteiger partial charge in [0.25, 0.3) is 0 Å². The van der Waals surface area contributed by atoms with Gasteiger partial charge in [-0.05, 0) is 56.7 Å². The maximum atomic E-state index is 12.8. The van der Waals surface area contributed by atoms with Gasteiger partial charge in [-0.1, -0.05) is 12.1 Å². The zero-order valence-corrected chi connectivity index (χ0v) is 17.7. The highest BCUT2D eigenvalue weighted by molar-refractivity contribution is 5.79. The molecule has 0 aliphatic heterocycles. The summed E-state index contributed by atoms with van der Waals surface area (Å²) >= 11 is 0. The number of ether oxygens (including phenoxy) is 2. The normalized spacial score (nSPS) is 12.1. The molecule has 2 aromatic carbocycles. The fraction of sp³-hybridized carbons (Fsp3) is 0.250. The molecule has 0 spiro atoms. The van der Waals surface area contributed by atoms with E-state index >= 15 is 0 Å². The third-order valence-corrected chi connectivity index (χ3v) is 4.86. The second-order valence-corrected chi connectivity index (χ2v) is 7.58. The minimum Gasteiger partial charge on any atom is -0.491 e. The second kappa shape index (κ2) is 8.65. The number of hydrogen-bond donors (Lipinski definition) is 1. The van der Waals surface area contributed by atoms with Crippen LogP contribution in [-0.2, 0) is 6.54 Å². The van der Waals surface area contributed by atoms with Crippen molar-refractivity contribution in [3.63, 3.8) is 0 Å². The van der Waals surface area contributed by atoms with Crippen LogP contribution in [0.2, 0.25) is 0 Å². The molecular weight excluding hydrogens is 396 g/mol. The number of aliphatic hydroxyl groups is 1. The Kier molecular flexibility index (Phi) is 5.77. The summed E-state index contributed by atoms with van der Waals surface area (Å²) in [6, 6.07) is 14.3. The molecule has 4 aromatic rings. The van der Waals surface area contributed by atoms with E-state index in [1.165, 1.54) is 6.26 Å². The molecule has 0 aliphatic carbocycles. The van der Waals surface area contributed by atoms with Crippen molar-refractivity contribution in [3.05, 3.63) is 82.0 Å². The summed E-state index contributed by atoms with van der Waals surface area (Å²) in [4.78, 5) is 12.8. The molecule has 1 atom stereocenters. The topological polar surface area (TPSA) is 86.7 Å². The van der Waals surface area contributed by atoms with Crippen LogP contribution in [0.25, 0.3) is 11.0 Å². The highest BCUT2D eigenvalue weighted by atomic mass is 16.5. The van der Waals surface area contributed by atoms with Gasteiger partial charge in [-0.2, -0.15) is 5.10 Å². The standard InChI is InChI=1S/C24H24N2O5/c1-15-5-4-6-20(9-15)31-23-14-30-22-11-19(7-8-21(22)24(23)28)29-13-18(27)12-26-17(3)10-16(2)25-26/h4-11,14,18,27H,12-13H2,1-3H3/t18-/m1/s1. The Hall–Kier alpha value is -3.58. The number of aryl methyl sites for hydroxylation is 3. The first-order valence-electron chi connectivity index (χ1n) is 10.0. The van der Waals surface area contributed by atoms with Crippen molar-refractivity contribution in [2.75, 3.05) is 6.61 Å². The predicted octanol–water partition coefficient (Wildman–Crippen LogP) is 4.15. The molecule has 0 unspecified atom stereocenters. The number of hydrogen-bond acceptors (Lipinski definition) is 6. The fourth-order valence-electron chi connectivity index (χ4n) is 3.36. The summed E-state index contributed by atoms with van der Waals surface area (Å²) in [7, 11) is 0. The van der Waals surface area contributed by atoms with Crippen LogP contribution >= 0.6 is 0 Å². The molecule has 7 heteroatoms. The minimum absolute atomic E-state index is 0.0860. The van der Waals surface area contributed by atoms with Gasteiger partial charge < -0.3 is 19.0 Å². The van der Waals surface area contributed by atoms with E-state index in [9.17, 15) is 9.90 Å². The lowest BCUT2D eigenvalue weighted by Crippen LogP contribution is -2.24. The van der Waals surface area contributed by atoms with Crippen LogP contribution in [0.15, 0.2) is 64.0 Å². The number of nitrogens with zero attached hydrogens (tertiary/aromatic N) is 2. The van der Waals surface area contributed by atoms with Gasteiger partial charge in [0.05, 0.1) is 17.6 Å². The lowest BCUT2D eigenvalue weighted by molar-refractivity contribution is 0.0887. The smallest absolute Gasteiger partial charge is 0.235 e. The molecule has 0 radical (unpaired) electrons. The predicted molar refractivity (Wildman–Crippen MR) is 117 cm³/mol. The number of benzene rings is 2. The average Bonchev–Trinajstić information content (AvgIpc) is 3.05. The van der Waals surface area contributed by atoms with E-state index in [4.69, 9.17) is 13.9 Å². The highest BCUT2D eigenvalue weighted by Gasteiger charge is 2.13. The number of aliphatic hydroxyl groups excluding tert-OH is 1. The first-order chi connectivity index (χ1) is 14.9.